The molecule has 0 amide bonds. The van der Waals surface area contributed by atoms with Crippen LogP contribution in [0.4, 0.5) is 11.4 Å². The summed E-state index contributed by atoms with van der Waals surface area (Å²) in [5.41, 5.74) is 0.625. The predicted octanol–water partition coefficient (Wildman–Crippen LogP) is 3.07. The van der Waals surface area contributed by atoms with Crippen LogP contribution in [-0.2, 0) is 0 Å². The maximum absolute atomic E-state index is 10.9. The number of aliphatic hydroxyl groups is 1. The second kappa shape index (κ2) is 5.67. The molecular formula is C12H15BrN2O3. The molecule has 0 atom stereocenters. The molecule has 1 aromatic carbocycles. The SMILES string of the molecule is O=[N+]([O-])c1ccc(Br)cc1NC1CCC(O)CC1. The molecule has 6 heteroatoms. The number of nitro benzene ring substituents is 1. The van der Waals surface area contributed by atoms with E-state index in [-0.39, 0.29) is 22.8 Å². The van der Waals surface area contributed by atoms with Gasteiger partial charge in [-0.3, -0.25) is 10.1 Å². The monoisotopic (exact) mass is 314 g/mol. The topological polar surface area (TPSA) is 75.4 Å². The molecule has 18 heavy (non-hydrogen) atoms. The standard InChI is InChI=1S/C12H15BrN2O3/c13-8-1-6-12(15(17)18)11(7-8)14-9-2-4-10(16)5-3-9/h1,6-7,9-10,14,16H,2-5H2. The number of aliphatic hydroxyl groups excluding tert-OH is 1. The first-order chi connectivity index (χ1) is 8.56. The van der Waals surface area contributed by atoms with Gasteiger partial charge in [-0.2, -0.15) is 0 Å². The fourth-order valence-corrected chi connectivity index (χ4v) is 2.58. The summed E-state index contributed by atoms with van der Waals surface area (Å²) < 4.78 is 0.812. The minimum absolute atomic E-state index is 0.0873. The molecule has 1 fully saturated rings. The molecule has 0 radical (unpaired) electrons. The van der Waals surface area contributed by atoms with E-state index in [4.69, 9.17) is 0 Å². The molecule has 1 aliphatic rings. The van der Waals surface area contributed by atoms with E-state index >= 15 is 0 Å². The summed E-state index contributed by atoms with van der Waals surface area (Å²) >= 11 is 3.32. The van der Waals surface area contributed by atoms with Crippen molar-refractivity contribution in [1.29, 1.82) is 0 Å². The third kappa shape index (κ3) is 3.20. The molecule has 0 aromatic heterocycles. The Bertz CT molecular complexity index is 445. The van der Waals surface area contributed by atoms with Gasteiger partial charge in [0.05, 0.1) is 11.0 Å². The van der Waals surface area contributed by atoms with Crippen LogP contribution < -0.4 is 5.32 Å². The summed E-state index contributed by atoms with van der Waals surface area (Å²) in [7, 11) is 0. The van der Waals surface area contributed by atoms with Crippen LogP contribution in [0.15, 0.2) is 22.7 Å². The number of hydrogen-bond acceptors (Lipinski definition) is 4. The first-order valence-corrected chi connectivity index (χ1v) is 6.74. The van der Waals surface area contributed by atoms with Crippen molar-refractivity contribution in [2.24, 2.45) is 0 Å². The van der Waals surface area contributed by atoms with E-state index in [0.717, 1.165) is 30.2 Å². The Balaban J connectivity index is 2.12. The van der Waals surface area contributed by atoms with Crippen LogP contribution in [0.5, 0.6) is 0 Å². The third-order valence-electron chi connectivity index (χ3n) is 3.21. The average Bonchev–Trinajstić information content (AvgIpc) is 2.32. The Kier molecular flexibility index (Phi) is 4.19. The van der Waals surface area contributed by atoms with Crippen LogP contribution in [0.25, 0.3) is 0 Å². The quantitative estimate of drug-likeness (QED) is 0.664. The van der Waals surface area contributed by atoms with Gasteiger partial charge < -0.3 is 10.4 Å². The van der Waals surface area contributed by atoms with Crippen LogP contribution in [0.3, 0.4) is 0 Å². The summed E-state index contributed by atoms with van der Waals surface area (Å²) in [4.78, 5) is 10.6. The molecule has 5 nitrogen and oxygen atoms in total. The van der Waals surface area contributed by atoms with Gasteiger partial charge in [-0.25, -0.2) is 0 Å². The van der Waals surface area contributed by atoms with E-state index in [1.807, 2.05) is 0 Å². The van der Waals surface area contributed by atoms with Crippen molar-refractivity contribution in [3.05, 3.63) is 32.8 Å². The van der Waals surface area contributed by atoms with E-state index in [2.05, 4.69) is 21.2 Å². The number of hydrogen-bond donors (Lipinski definition) is 2. The second-order valence-corrected chi connectivity index (χ2v) is 5.48. The van der Waals surface area contributed by atoms with Crippen molar-refractivity contribution >= 4 is 27.3 Å². The lowest BCUT2D eigenvalue weighted by Crippen LogP contribution is -2.28. The van der Waals surface area contributed by atoms with Crippen molar-refractivity contribution in [2.45, 2.75) is 37.8 Å². The number of nitrogens with one attached hydrogen (secondary N) is 1. The highest BCUT2D eigenvalue weighted by molar-refractivity contribution is 9.10. The molecule has 1 aromatic rings. The van der Waals surface area contributed by atoms with Crippen molar-refractivity contribution in [1.82, 2.24) is 0 Å². The lowest BCUT2D eigenvalue weighted by atomic mass is 9.93. The summed E-state index contributed by atoms with van der Waals surface area (Å²) in [5.74, 6) is 0. The van der Waals surface area contributed by atoms with Crippen LogP contribution >= 0.6 is 15.9 Å². The van der Waals surface area contributed by atoms with Gasteiger partial charge in [0.25, 0.3) is 5.69 Å². The number of rotatable bonds is 3. The lowest BCUT2D eigenvalue weighted by Gasteiger charge is -2.26. The largest absolute Gasteiger partial charge is 0.393 e. The molecule has 98 valence electrons. The van der Waals surface area contributed by atoms with Gasteiger partial charge in [0.2, 0.25) is 0 Å². The summed E-state index contributed by atoms with van der Waals surface area (Å²) in [5, 5.41) is 23.6. The minimum atomic E-state index is -0.382. The van der Waals surface area contributed by atoms with E-state index in [1.54, 1.807) is 12.1 Å². The zero-order valence-electron chi connectivity index (χ0n) is 9.80. The van der Waals surface area contributed by atoms with Crippen LogP contribution in [0, 0.1) is 10.1 Å². The van der Waals surface area contributed by atoms with Gasteiger partial charge in [-0.15, -0.1) is 0 Å². The van der Waals surface area contributed by atoms with Gasteiger partial charge in [0.15, 0.2) is 0 Å². The summed E-state index contributed by atoms with van der Waals surface area (Å²) in [6.45, 7) is 0. The maximum atomic E-state index is 10.9. The molecule has 1 aliphatic carbocycles. The Hall–Kier alpha value is -1.14. The number of anilines is 1. The zero-order chi connectivity index (χ0) is 13.1. The molecule has 2 N–H and O–H groups in total. The summed E-state index contributed by atoms with van der Waals surface area (Å²) in [6, 6.07) is 5.07. The van der Waals surface area contributed by atoms with E-state index in [9.17, 15) is 15.2 Å². The van der Waals surface area contributed by atoms with Crippen molar-refractivity contribution < 1.29 is 10.0 Å². The van der Waals surface area contributed by atoms with Crippen LogP contribution in [0.2, 0.25) is 0 Å². The van der Waals surface area contributed by atoms with E-state index in [1.165, 1.54) is 6.07 Å². The van der Waals surface area contributed by atoms with Gasteiger partial charge in [-0.1, -0.05) is 15.9 Å². The third-order valence-corrected chi connectivity index (χ3v) is 3.70. The van der Waals surface area contributed by atoms with Crippen molar-refractivity contribution in [3.8, 4) is 0 Å². The predicted molar refractivity (Wildman–Crippen MR) is 72.7 cm³/mol. The second-order valence-electron chi connectivity index (χ2n) is 4.57. The van der Waals surface area contributed by atoms with Crippen molar-refractivity contribution in [3.63, 3.8) is 0 Å². The highest BCUT2D eigenvalue weighted by atomic mass is 79.9. The smallest absolute Gasteiger partial charge is 0.292 e. The number of benzene rings is 1. The zero-order valence-corrected chi connectivity index (χ0v) is 11.4. The fourth-order valence-electron chi connectivity index (χ4n) is 2.22. The van der Waals surface area contributed by atoms with Crippen LogP contribution in [0.1, 0.15) is 25.7 Å². The molecule has 0 unspecified atom stereocenters. The molecule has 1 saturated carbocycles. The average molecular weight is 315 g/mol. The van der Waals surface area contributed by atoms with E-state index in [0.29, 0.717) is 5.69 Å². The number of nitro groups is 1. The normalized spacial score (nSPS) is 23.7. The molecule has 0 spiro atoms. The van der Waals surface area contributed by atoms with Gasteiger partial charge in [0, 0.05) is 16.6 Å². The highest BCUT2D eigenvalue weighted by Gasteiger charge is 2.22. The first-order valence-electron chi connectivity index (χ1n) is 5.95. The maximum Gasteiger partial charge on any atom is 0.292 e. The molecule has 0 aliphatic heterocycles. The highest BCUT2D eigenvalue weighted by Crippen LogP contribution is 2.30. The van der Waals surface area contributed by atoms with Crippen LogP contribution in [-0.4, -0.2) is 22.2 Å². The first kappa shape index (κ1) is 13.3. The summed E-state index contributed by atoms with van der Waals surface area (Å²) in [6.07, 6.45) is 2.95. The fraction of sp³-hybridized carbons (Fsp3) is 0.500. The molecule has 2 rings (SSSR count). The number of nitrogens with zero attached hydrogens (tertiary/aromatic N) is 1. The molecular weight excluding hydrogens is 300 g/mol. The van der Waals surface area contributed by atoms with Crippen molar-refractivity contribution in [2.75, 3.05) is 5.32 Å². The van der Waals surface area contributed by atoms with Gasteiger partial charge in [0.1, 0.15) is 5.69 Å². The Labute approximate surface area is 113 Å². The van der Waals surface area contributed by atoms with E-state index < -0.39 is 0 Å². The molecule has 0 heterocycles. The lowest BCUT2D eigenvalue weighted by molar-refractivity contribution is -0.384. The van der Waals surface area contributed by atoms with Gasteiger partial charge >= 0.3 is 0 Å². The Morgan fingerprint density at radius 2 is 2.00 bits per heavy atom. The Morgan fingerprint density at radius 1 is 1.33 bits per heavy atom. The minimum Gasteiger partial charge on any atom is -0.393 e. The number of halogens is 1. The van der Waals surface area contributed by atoms with Gasteiger partial charge in [-0.05, 0) is 37.8 Å². The Morgan fingerprint density at radius 3 is 2.61 bits per heavy atom. The molecule has 0 bridgehead atoms. The molecule has 0 saturated heterocycles.